The maximum absolute atomic E-state index is 12.3. The molecule has 0 aromatic heterocycles. The minimum Gasteiger partial charge on any atom is -0.480 e. The number of carbonyl (C=O) groups is 2. The molecule has 0 saturated carbocycles. The van der Waals surface area contributed by atoms with Gasteiger partial charge in [-0.1, -0.05) is 19.1 Å². The quantitative estimate of drug-likeness (QED) is 0.792. The molecule has 0 amide bonds. The van der Waals surface area contributed by atoms with Crippen LogP contribution in [0.3, 0.4) is 0 Å². The molecule has 0 bridgehead atoms. The van der Waals surface area contributed by atoms with Crippen LogP contribution < -0.4 is 4.72 Å². The zero-order valence-corrected chi connectivity index (χ0v) is 13.0. The lowest BCUT2D eigenvalue weighted by molar-refractivity contribution is -0.140. The predicted octanol–water partition coefficient (Wildman–Crippen LogP) is 1.40. The van der Waals surface area contributed by atoms with Gasteiger partial charge in [-0.05, 0) is 31.0 Å². The number of aliphatic carboxylic acids is 1. The van der Waals surface area contributed by atoms with Crippen molar-refractivity contribution in [2.24, 2.45) is 0 Å². The van der Waals surface area contributed by atoms with Gasteiger partial charge in [0, 0.05) is 12.8 Å². The van der Waals surface area contributed by atoms with Crippen LogP contribution in [0.5, 0.6) is 0 Å². The average molecular weight is 313 g/mol. The van der Waals surface area contributed by atoms with Gasteiger partial charge in [-0.25, -0.2) is 8.42 Å². The van der Waals surface area contributed by atoms with Crippen molar-refractivity contribution in [3.05, 3.63) is 29.3 Å². The van der Waals surface area contributed by atoms with Crippen molar-refractivity contribution >= 4 is 21.8 Å². The molecule has 0 saturated heterocycles. The molecule has 1 rings (SSSR count). The molecule has 0 aliphatic carbocycles. The second kappa shape index (κ2) is 6.82. The van der Waals surface area contributed by atoms with Crippen LogP contribution in [0.2, 0.25) is 0 Å². The second-order valence-corrected chi connectivity index (χ2v) is 6.56. The summed E-state index contributed by atoms with van der Waals surface area (Å²) in [5.74, 6) is -1.68. The number of aryl methyl sites for hydroxylation is 2. The molecule has 0 heterocycles. The molecule has 0 radical (unpaired) electrons. The van der Waals surface area contributed by atoms with E-state index in [2.05, 4.69) is 4.72 Å². The topological polar surface area (TPSA) is 101 Å². The highest BCUT2D eigenvalue weighted by molar-refractivity contribution is 7.89. The summed E-state index contributed by atoms with van der Waals surface area (Å²) in [7, 11) is -3.99. The van der Waals surface area contributed by atoms with Gasteiger partial charge in [0.15, 0.2) is 0 Å². The van der Waals surface area contributed by atoms with E-state index in [0.717, 1.165) is 5.56 Å². The fraction of sp³-hybridized carbons (Fsp3) is 0.429. The van der Waals surface area contributed by atoms with Gasteiger partial charge in [-0.2, -0.15) is 4.72 Å². The number of carboxylic acids is 1. The van der Waals surface area contributed by atoms with Crippen LogP contribution in [0.15, 0.2) is 23.1 Å². The molecular weight excluding hydrogens is 294 g/mol. The Morgan fingerprint density at radius 3 is 2.43 bits per heavy atom. The minimum absolute atomic E-state index is 0.0256. The van der Waals surface area contributed by atoms with E-state index < -0.39 is 22.0 Å². The number of carboxylic acid groups (broad SMARTS) is 1. The molecule has 0 spiro atoms. The number of rotatable bonds is 7. The fourth-order valence-electron chi connectivity index (χ4n) is 1.80. The third-order valence-electron chi connectivity index (χ3n) is 3.05. The SMILES string of the molecule is CCC(=O)CC(NS(=O)(=O)c1cc(C)ccc1C)C(=O)O. The van der Waals surface area contributed by atoms with E-state index in [0.29, 0.717) is 5.56 Å². The standard InChI is InChI=1S/C14H19NO5S/c1-4-11(16)8-12(14(17)18)15-21(19,20)13-7-9(2)5-6-10(13)3/h5-7,12,15H,4,8H2,1-3H3,(H,17,18). The number of sulfonamides is 1. The number of nitrogens with one attached hydrogen (secondary N) is 1. The fourth-order valence-corrected chi connectivity index (χ4v) is 3.32. The van der Waals surface area contributed by atoms with Crippen molar-refractivity contribution < 1.29 is 23.1 Å². The number of hydrogen-bond acceptors (Lipinski definition) is 4. The van der Waals surface area contributed by atoms with Crippen LogP contribution in [0.1, 0.15) is 30.9 Å². The Morgan fingerprint density at radius 1 is 1.29 bits per heavy atom. The summed E-state index contributed by atoms with van der Waals surface area (Å²) >= 11 is 0. The molecule has 6 nitrogen and oxygen atoms in total. The maximum atomic E-state index is 12.3. The van der Waals surface area contributed by atoms with Crippen LogP contribution in [0.25, 0.3) is 0 Å². The lowest BCUT2D eigenvalue weighted by atomic mass is 10.1. The highest BCUT2D eigenvalue weighted by Crippen LogP contribution is 2.17. The molecule has 7 heteroatoms. The summed E-state index contributed by atoms with van der Waals surface area (Å²) < 4.78 is 26.7. The van der Waals surface area contributed by atoms with Crippen LogP contribution in [-0.4, -0.2) is 31.3 Å². The van der Waals surface area contributed by atoms with Crippen LogP contribution >= 0.6 is 0 Å². The first-order valence-corrected chi connectivity index (χ1v) is 7.99. The van der Waals surface area contributed by atoms with Gasteiger partial charge in [0.25, 0.3) is 0 Å². The Hall–Kier alpha value is -1.73. The zero-order chi connectivity index (χ0) is 16.2. The van der Waals surface area contributed by atoms with Gasteiger partial charge in [-0.3, -0.25) is 9.59 Å². The number of carbonyl (C=O) groups excluding carboxylic acids is 1. The molecule has 1 aromatic rings. The van der Waals surface area contributed by atoms with Gasteiger partial charge >= 0.3 is 5.97 Å². The van der Waals surface area contributed by atoms with Crippen molar-refractivity contribution in [3.63, 3.8) is 0 Å². The van der Waals surface area contributed by atoms with Crippen LogP contribution in [-0.2, 0) is 19.6 Å². The number of hydrogen-bond donors (Lipinski definition) is 2. The lowest BCUT2D eigenvalue weighted by Crippen LogP contribution is -2.42. The van der Waals surface area contributed by atoms with E-state index in [1.54, 1.807) is 32.9 Å². The van der Waals surface area contributed by atoms with Gasteiger partial charge in [0.2, 0.25) is 10.0 Å². The van der Waals surface area contributed by atoms with Crippen molar-refractivity contribution in [2.75, 3.05) is 0 Å². The summed E-state index contributed by atoms with van der Waals surface area (Å²) in [5.41, 5.74) is 1.26. The lowest BCUT2D eigenvalue weighted by Gasteiger charge is -2.15. The van der Waals surface area contributed by atoms with Crippen molar-refractivity contribution in [1.82, 2.24) is 4.72 Å². The van der Waals surface area contributed by atoms with E-state index in [9.17, 15) is 18.0 Å². The monoisotopic (exact) mass is 313 g/mol. The third-order valence-corrected chi connectivity index (χ3v) is 4.67. The molecule has 21 heavy (non-hydrogen) atoms. The first kappa shape index (κ1) is 17.3. The zero-order valence-electron chi connectivity index (χ0n) is 12.2. The third kappa shape index (κ3) is 4.64. The largest absolute Gasteiger partial charge is 0.480 e. The Kier molecular flexibility index (Phi) is 5.62. The molecular formula is C14H19NO5S. The van der Waals surface area contributed by atoms with Crippen molar-refractivity contribution in [3.8, 4) is 0 Å². The molecule has 0 fully saturated rings. The van der Waals surface area contributed by atoms with E-state index in [-0.39, 0.29) is 23.5 Å². The van der Waals surface area contributed by atoms with Crippen LogP contribution in [0, 0.1) is 13.8 Å². The average Bonchev–Trinajstić information content (AvgIpc) is 2.40. The molecule has 1 atom stereocenters. The minimum atomic E-state index is -3.99. The summed E-state index contributed by atoms with van der Waals surface area (Å²) in [4.78, 5) is 22.5. The van der Waals surface area contributed by atoms with Crippen molar-refractivity contribution in [2.45, 2.75) is 44.6 Å². The number of benzene rings is 1. The molecule has 1 unspecified atom stereocenters. The summed E-state index contributed by atoms with van der Waals surface area (Å²) in [5, 5.41) is 9.07. The summed E-state index contributed by atoms with van der Waals surface area (Å²) in [6.45, 7) is 4.97. The van der Waals surface area contributed by atoms with Gasteiger partial charge in [-0.15, -0.1) is 0 Å². The molecule has 1 aromatic carbocycles. The highest BCUT2D eigenvalue weighted by Gasteiger charge is 2.28. The Balaban J connectivity index is 3.09. The van der Waals surface area contributed by atoms with E-state index in [1.807, 2.05) is 0 Å². The molecule has 0 aliphatic heterocycles. The van der Waals surface area contributed by atoms with E-state index in [4.69, 9.17) is 5.11 Å². The first-order chi connectivity index (χ1) is 9.67. The Morgan fingerprint density at radius 2 is 1.90 bits per heavy atom. The molecule has 116 valence electrons. The van der Waals surface area contributed by atoms with E-state index in [1.165, 1.54) is 6.07 Å². The normalized spacial score (nSPS) is 12.9. The Labute approximate surface area is 124 Å². The molecule has 2 N–H and O–H groups in total. The van der Waals surface area contributed by atoms with Gasteiger partial charge in [0.05, 0.1) is 4.90 Å². The van der Waals surface area contributed by atoms with Crippen LogP contribution in [0.4, 0.5) is 0 Å². The predicted molar refractivity (Wildman–Crippen MR) is 77.6 cm³/mol. The maximum Gasteiger partial charge on any atom is 0.322 e. The second-order valence-electron chi connectivity index (χ2n) is 4.88. The Bertz CT molecular complexity index is 651. The van der Waals surface area contributed by atoms with Crippen molar-refractivity contribution in [1.29, 1.82) is 0 Å². The summed E-state index contributed by atoms with van der Waals surface area (Å²) in [6, 6.07) is 3.43. The highest BCUT2D eigenvalue weighted by atomic mass is 32.2. The smallest absolute Gasteiger partial charge is 0.322 e. The summed E-state index contributed by atoms with van der Waals surface area (Å²) in [6.07, 6.45) is -0.203. The first-order valence-electron chi connectivity index (χ1n) is 6.51. The molecule has 0 aliphatic rings. The van der Waals surface area contributed by atoms with Gasteiger partial charge < -0.3 is 5.11 Å². The van der Waals surface area contributed by atoms with Gasteiger partial charge in [0.1, 0.15) is 11.8 Å². The van der Waals surface area contributed by atoms with E-state index >= 15 is 0 Å². The number of Topliss-reactive ketones (excluding diaryl/α,β-unsaturated/α-hetero) is 1. The number of ketones is 1.